The first-order chi connectivity index (χ1) is 13.5. The van der Waals surface area contributed by atoms with E-state index in [9.17, 15) is 4.79 Å². The van der Waals surface area contributed by atoms with Crippen LogP contribution in [0.15, 0.2) is 65.9 Å². The number of rotatable bonds is 5. The number of carbonyl (C=O) groups excluding carboxylic acids is 1. The highest BCUT2D eigenvalue weighted by molar-refractivity contribution is 7.80. The highest BCUT2D eigenvalue weighted by Crippen LogP contribution is 2.38. The minimum absolute atomic E-state index is 0.122. The molecule has 0 fully saturated rings. The van der Waals surface area contributed by atoms with Crippen molar-refractivity contribution in [2.24, 2.45) is 0 Å². The molecule has 0 saturated heterocycles. The summed E-state index contributed by atoms with van der Waals surface area (Å²) in [5.41, 5.74) is 3.33. The van der Waals surface area contributed by atoms with Crippen LogP contribution in [0.25, 0.3) is 0 Å². The summed E-state index contributed by atoms with van der Waals surface area (Å²) in [5, 5.41) is 4.44. The van der Waals surface area contributed by atoms with Gasteiger partial charge in [0.1, 0.15) is 0 Å². The number of carbonyl (C=O) groups is 1. The van der Waals surface area contributed by atoms with Gasteiger partial charge in [0, 0.05) is 29.5 Å². The van der Waals surface area contributed by atoms with Crippen LogP contribution in [-0.4, -0.2) is 33.9 Å². The van der Waals surface area contributed by atoms with Crippen LogP contribution in [0.4, 0.5) is 5.69 Å². The average Bonchev–Trinajstić information content (AvgIpc) is 2.69. The number of amides is 1. The Morgan fingerprint density at radius 3 is 2.29 bits per heavy atom. The largest absolute Gasteiger partial charge is 0.338 e. The second-order valence-electron chi connectivity index (χ2n) is 6.59. The van der Waals surface area contributed by atoms with Crippen LogP contribution in [0.1, 0.15) is 32.4 Å². The Morgan fingerprint density at radius 2 is 1.71 bits per heavy atom. The molecule has 1 heterocycles. The minimum Gasteiger partial charge on any atom is -0.338 e. The lowest BCUT2D eigenvalue weighted by Crippen LogP contribution is -2.50. The molecule has 0 unspecified atom stereocenters. The summed E-state index contributed by atoms with van der Waals surface area (Å²) in [6, 6.07) is 16.9. The number of nitrogens with zero attached hydrogens (tertiary/aromatic N) is 2. The predicted octanol–water partition coefficient (Wildman–Crippen LogP) is 5.24. The molecule has 0 aliphatic carbocycles. The van der Waals surface area contributed by atoms with Crippen molar-refractivity contribution in [3.63, 3.8) is 0 Å². The Morgan fingerprint density at radius 1 is 1.07 bits per heavy atom. The van der Waals surface area contributed by atoms with Gasteiger partial charge in [-0.1, -0.05) is 41.9 Å². The van der Waals surface area contributed by atoms with E-state index in [1.165, 1.54) is 0 Å². The maximum atomic E-state index is 13.4. The van der Waals surface area contributed by atoms with E-state index in [2.05, 4.69) is 17.1 Å². The number of allylic oxidation sites excluding steroid dienone is 1. The molecule has 0 bridgehead atoms. The van der Waals surface area contributed by atoms with Gasteiger partial charge in [0.2, 0.25) is 0 Å². The maximum Gasteiger partial charge on any atom is 0.255 e. The summed E-state index contributed by atoms with van der Waals surface area (Å²) < 4.78 is 0. The van der Waals surface area contributed by atoms with Crippen molar-refractivity contribution < 1.29 is 4.79 Å². The van der Waals surface area contributed by atoms with Gasteiger partial charge in [-0.3, -0.25) is 4.79 Å². The molecule has 4 nitrogen and oxygen atoms in total. The third-order valence-corrected chi connectivity index (χ3v) is 5.68. The summed E-state index contributed by atoms with van der Waals surface area (Å²) in [6.07, 6.45) is 0. The minimum atomic E-state index is -0.263. The molecule has 28 heavy (non-hydrogen) atoms. The van der Waals surface area contributed by atoms with E-state index in [-0.39, 0.29) is 11.9 Å². The molecule has 1 N–H and O–H groups in total. The van der Waals surface area contributed by atoms with E-state index < -0.39 is 0 Å². The van der Waals surface area contributed by atoms with Crippen LogP contribution < -0.4 is 5.32 Å². The molecule has 0 radical (unpaired) electrons. The van der Waals surface area contributed by atoms with E-state index in [4.69, 9.17) is 23.8 Å². The molecular weight excluding hydrogens is 390 g/mol. The van der Waals surface area contributed by atoms with Gasteiger partial charge in [-0.2, -0.15) is 0 Å². The fourth-order valence-corrected chi connectivity index (χ4v) is 4.22. The van der Waals surface area contributed by atoms with Crippen molar-refractivity contribution in [2.45, 2.75) is 26.8 Å². The molecule has 146 valence electrons. The number of anilines is 1. The summed E-state index contributed by atoms with van der Waals surface area (Å²) in [5.74, 6) is -0.122. The first kappa shape index (κ1) is 20.4. The van der Waals surface area contributed by atoms with Crippen molar-refractivity contribution in [1.29, 1.82) is 0 Å². The van der Waals surface area contributed by atoms with Gasteiger partial charge in [0.15, 0.2) is 5.11 Å². The highest BCUT2D eigenvalue weighted by Gasteiger charge is 2.38. The van der Waals surface area contributed by atoms with Gasteiger partial charge in [-0.25, -0.2) is 0 Å². The Hall–Kier alpha value is -2.37. The van der Waals surface area contributed by atoms with Crippen LogP contribution >= 0.6 is 23.8 Å². The fourth-order valence-electron chi connectivity index (χ4n) is 3.60. The van der Waals surface area contributed by atoms with Crippen molar-refractivity contribution >= 4 is 40.5 Å². The third-order valence-electron chi connectivity index (χ3n) is 4.98. The quantitative estimate of drug-likeness (QED) is 0.680. The highest BCUT2D eigenvalue weighted by atomic mass is 35.5. The van der Waals surface area contributed by atoms with E-state index >= 15 is 0 Å². The summed E-state index contributed by atoms with van der Waals surface area (Å²) >= 11 is 11.8. The molecule has 0 aromatic heterocycles. The van der Waals surface area contributed by atoms with Crippen molar-refractivity contribution in [3.8, 4) is 0 Å². The van der Waals surface area contributed by atoms with Gasteiger partial charge in [0.05, 0.1) is 11.6 Å². The number of likely N-dealkylation sites (N-methyl/N-ethyl adjacent to an activating group) is 1. The molecule has 2 aromatic carbocycles. The van der Waals surface area contributed by atoms with Crippen LogP contribution in [0.5, 0.6) is 0 Å². The molecule has 0 saturated carbocycles. The molecule has 1 aliphatic heterocycles. The fraction of sp³-hybridized carbons (Fsp3) is 0.273. The Balaban J connectivity index is 2.10. The lowest BCUT2D eigenvalue weighted by atomic mass is 9.92. The van der Waals surface area contributed by atoms with E-state index in [0.717, 1.165) is 22.1 Å². The van der Waals surface area contributed by atoms with E-state index in [1.807, 2.05) is 73.3 Å². The average molecular weight is 414 g/mol. The SMILES string of the molecule is CCN1C(=S)N(CC)[C@@H](c2ccc(Cl)cc2)C(C(=O)Nc2ccccc2)=C1C. The first-order valence-corrected chi connectivity index (χ1v) is 10.2. The lowest BCUT2D eigenvalue weighted by Gasteiger charge is -2.44. The number of benzene rings is 2. The number of hydrogen-bond donors (Lipinski definition) is 1. The number of thiocarbonyl (C=S) groups is 1. The monoisotopic (exact) mass is 413 g/mol. The molecule has 1 atom stereocenters. The molecule has 3 rings (SSSR count). The topological polar surface area (TPSA) is 35.6 Å². The van der Waals surface area contributed by atoms with Crippen LogP contribution in [0, 0.1) is 0 Å². The smallest absolute Gasteiger partial charge is 0.255 e. The van der Waals surface area contributed by atoms with Crippen LogP contribution in [-0.2, 0) is 4.79 Å². The van der Waals surface area contributed by atoms with E-state index in [0.29, 0.717) is 23.7 Å². The third kappa shape index (κ3) is 3.91. The molecule has 2 aromatic rings. The van der Waals surface area contributed by atoms with Crippen molar-refractivity contribution in [1.82, 2.24) is 9.80 Å². The molecule has 1 aliphatic rings. The molecule has 1 amide bonds. The summed E-state index contributed by atoms with van der Waals surface area (Å²) in [7, 11) is 0. The van der Waals surface area contributed by atoms with Gasteiger partial charge >= 0.3 is 0 Å². The first-order valence-electron chi connectivity index (χ1n) is 9.38. The number of halogens is 1. The summed E-state index contributed by atoms with van der Waals surface area (Å²) in [6.45, 7) is 7.45. The van der Waals surface area contributed by atoms with Crippen molar-refractivity contribution in [2.75, 3.05) is 18.4 Å². The Labute approximate surface area is 176 Å². The van der Waals surface area contributed by atoms with Gasteiger partial charge in [-0.05, 0) is 62.8 Å². The van der Waals surface area contributed by atoms with Crippen molar-refractivity contribution in [3.05, 3.63) is 76.5 Å². The standard InChI is InChI=1S/C22H24ClN3OS/c1-4-25-15(3)19(21(27)24-18-9-7-6-8-10-18)20(26(5-2)22(25)28)16-11-13-17(23)14-12-16/h6-14,20H,4-5H2,1-3H3,(H,24,27)/t20-/m0/s1. The Bertz CT molecular complexity index is 896. The molecular formula is C22H24ClN3OS. The number of para-hydroxylation sites is 1. The van der Waals surface area contributed by atoms with Gasteiger partial charge in [-0.15, -0.1) is 0 Å². The van der Waals surface area contributed by atoms with Crippen LogP contribution in [0.3, 0.4) is 0 Å². The zero-order valence-electron chi connectivity index (χ0n) is 16.3. The van der Waals surface area contributed by atoms with Crippen LogP contribution in [0.2, 0.25) is 5.02 Å². The summed E-state index contributed by atoms with van der Waals surface area (Å²) in [4.78, 5) is 17.5. The predicted molar refractivity (Wildman–Crippen MR) is 119 cm³/mol. The second kappa shape index (κ2) is 8.76. The molecule has 0 spiro atoms. The van der Waals surface area contributed by atoms with Gasteiger partial charge in [0.25, 0.3) is 5.91 Å². The van der Waals surface area contributed by atoms with E-state index in [1.54, 1.807) is 0 Å². The zero-order valence-corrected chi connectivity index (χ0v) is 17.8. The number of hydrogen-bond acceptors (Lipinski definition) is 2. The normalized spacial score (nSPS) is 17.1. The second-order valence-corrected chi connectivity index (χ2v) is 7.39. The van der Waals surface area contributed by atoms with Gasteiger partial charge < -0.3 is 15.1 Å². The Kier molecular flexibility index (Phi) is 6.37. The maximum absolute atomic E-state index is 13.4. The number of nitrogens with one attached hydrogen (secondary N) is 1. The lowest BCUT2D eigenvalue weighted by molar-refractivity contribution is -0.113. The molecule has 6 heteroatoms. The zero-order chi connectivity index (χ0) is 20.3.